The molecule has 1 unspecified atom stereocenters. The minimum atomic E-state index is -0.230. The minimum Gasteiger partial charge on any atom is -0.491 e. The highest BCUT2D eigenvalue weighted by molar-refractivity contribution is 5.30. The number of ether oxygens (including phenoxy) is 1. The first-order valence-corrected chi connectivity index (χ1v) is 7.05. The Bertz CT molecular complexity index is 552. The second-order valence-corrected chi connectivity index (χ2v) is 5.29. The zero-order valence-corrected chi connectivity index (χ0v) is 12.3. The van der Waals surface area contributed by atoms with Crippen LogP contribution in [0.2, 0.25) is 0 Å². The minimum absolute atomic E-state index is 0.0245. The molecule has 0 amide bonds. The van der Waals surface area contributed by atoms with Gasteiger partial charge in [0.15, 0.2) is 0 Å². The van der Waals surface area contributed by atoms with Gasteiger partial charge in [-0.15, -0.1) is 0 Å². The van der Waals surface area contributed by atoms with Gasteiger partial charge in [-0.25, -0.2) is 4.39 Å². The molecule has 0 radical (unpaired) electrons. The van der Waals surface area contributed by atoms with E-state index in [4.69, 9.17) is 10.6 Å². The van der Waals surface area contributed by atoms with E-state index in [1.54, 1.807) is 12.1 Å². The van der Waals surface area contributed by atoms with Crippen LogP contribution in [0.1, 0.15) is 31.0 Å². The summed E-state index contributed by atoms with van der Waals surface area (Å²) in [5.74, 6) is 6.25. The number of nitrogens with one attached hydrogen (secondary N) is 1. The van der Waals surface area contributed by atoms with Crippen LogP contribution in [-0.4, -0.2) is 6.10 Å². The molecule has 2 aromatic carbocycles. The molecule has 0 saturated carbocycles. The van der Waals surface area contributed by atoms with Crippen molar-refractivity contribution >= 4 is 0 Å². The zero-order valence-electron chi connectivity index (χ0n) is 12.3. The number of hydrogen-bond donors (Lipinski definition) is 2. The van der Waals surface area contributed by atoms with Crippen LogP contribution in [-0.2, 0) is 6.42 Å². The molecule has 3 N–H and O–H groups in total. The van der Waals surface area contributed by atoms with Gasteiger partial charge >= 0.3 is 0 Å². The van der Waals surface area contributed by atoms with Crippen molar-refractivity contribution in [3.05, 3.63) is 65.5 Å². The average molecular weight is 288 g/mol. The van der Waals surface area contributed by atoms with Gasteiger partial charge in [0.05, 0.1) is 6.10 Å². The third-order valence-corrected chi connectivity index (χ3v) is 3.21. The number of nitrogens with two attached hydrogens (primary N) is 1. The molecular weight excluding hydrogens is 267 g/mol. The normalized spacial score (nSPS) is 12.4. The fraction of sp³-hybridized carbons (Fsp3) is 0.294. The predicted octanol–water partition coefficient (Wildman–Crippen LogP) is 3.36. The van der Waals surface area contributed by atoms with E-state index < -0.39 is 0 Å². The van der Waals surface area contributed by atoms with Crippen molar-refractivity contribution in [3.8, 4) is 5.75 Å². The van der Waals surface area contributed by atoms with Gasteiger partial charge in [-0.1, -0.05) is 24.3 Å². The van der Waals surface area contributed by atoms with Crippen LogP contribution in [0.5, 0.6) is 5.75 Å². The third-order valence-electron chi connectivity index (χ3n) is 3.21. The Kier molecular flexibility index (Phi) is 5.31. The maximum atomic E-state index is 12.9. The lowest BCUT2D eigenvalue weighted by molar-refractivity contribution is 0.242. The lowest BCUT2D eigenvalue weighted by Crippen LogP contribution is -2.29. The Morgan fingerprint density at radius 3 is 2.19 bits per heavy atom. The van der Waals surface area contributed by atoms with Crippen LogP contribution in [0.4, 0.5) is 4.39 Å². The van der Waals surface area contributed by atoms with Crippen molar-refractivity contribution in [1.29, 1.82) is 0 Å². The number of hydrogen-bond acceptors (Lipinski definition) is 3. The lowest BCUT2D eigenvalue weighted by Gasteiger charge is -2.17. The molecule has 2 rings (SSSR count). The SMILES string of the molecule is CC(C)Oc1ccc(C(Cc2ccc(F)cc2)NN)cc1. The van der Waals surface area contributed by atoms with Crippen LogP contribution < -0.4 is 16.0 Å². The van der Waals surface area contributed by atoms with Gasteiger partial charge in [0.25, 0.3) is 0 Å². The molecular formula is C17H21FN2O. The van der Waals surface area contributed by atoms with Gasteiger partial charge in [0, 0.05) is 6.04 Å². The highest BCUT2D eigenvalue weighted by atomic mass is 19.1. The molecule has 2 aromatic rings. The summed E-state index contributed by atoms with van der Waals surface area (Å²) in [5.41, 5.74) is 4.90. The first kappa shape index (κ1) is 15.5. The molecule has 0 aliphatic rings. The summed E-state index contributed by atoms with van der Waals surface area (Å²) in [6.45, 7) is 3.99. The number of hydrazine groups is 1. The first-order valence-electron chi connectivity index (χ1n) is 7.05. The van der Waals surface area contributed by atoms with Crippen LogP contribution in [0.25, 0.3) is 0 Å². The molecule has 0 bridgehead atoms. The smallest absolute Gasteiger partial charge is 0.123 e. The Morgan fingerprint density at radius 2 is 1.67 bits per heavy atom. The highest BCUT2D eigenvalue weighted by Gasteiger charge is 2.11. The van der Waals surface area contributed by atoms with Gasteiger partial charge in [-0.05, 0) is 55.7 Å². The summed E-state index contributed by atoms with van der Waals surface area (Å²) < 4.78 is 18.5. The molecule has 0 aliphatic carbocycles. The molecule has 4 heteroatoms. The van der Waals surface area contributed by atoms with Crippen LogP contribution in [0.3, 0.4) is 0 Å². The Morgan fingerprint density at radius 1 is 1.05 bits per heavy atom. The maximum absolute atomic E-state index is 12.9. The molecule has 3 nitrogen and oxygen atoms in total. The summed E-state index contributed by atoms with van der Waals surface area (Å²) in [4.78, 5) is 0. The molecule has 21 heavy (non-hydrogen) atoms. The summed E-state index contributed by atoms with van der Waals surface area (Å²) in [5, 5.41) is 0. The van der Waals surface area contributed by atoms with Crippen molar-refractivity contribution in [3.63, 3.8) is 0 Å². The Balaban J connectivity index is 2.08. The molecule has 1 atom stereocenters. The Labute approximate surface area is 124 Å². The topological polar surface area (TPSA) is 47.3 Å². The fourth-order valence-electron chi connectivity index (χ4n) is 2.18. The number of halogens is 1. The summed E-state index contributed by atoms with van der Waals surface area (Å²) in [6.07, 6.45) is 0.847. The third kappa shape index (κ3) is 4.55. The highest BCUT2D eigenvalue weighted by Crippen LogP contribution is 2.21. The van der Waals surface area contributed by atoms with E-state index in [1.807, 2.05) is 38.1 Å². The van der Waals surface area contributed by atoms with Gasteiger partial charge in [-0.2, -0.15) is 0 Å². The van der Waals surface area contributed by atoms with Crippen molar-refractivity contribution in [2.45, 2.75) is 32.4 Å². The Hall–Kier alpha value is -1.91. The average Bonchev–Trinajstić information content (AvgIpc) is 2.47. The first-order chi connectivity index (χ1) is 10.1. The molecule has 0 fully saturated rings. The molecule has 0 saturated heterocycles. The lowest BCUT2D eigenvalue weighted by atomic mass is 9.99. The quantitative estimate of drug-likeness (QED) is 0.633. The van der Waals surface area contributed by atoms with E-state index in [0.29, 0.717) is 6.42 Å². The second-order valence-electron chi connectivity index (χ2n) is 5.29. The maximum Gasteiger partial charge on any atom is 0.123 e. The summed E-state index contributed by atoms with van der Waals surface area (Å²) >= 11 is 0. The largest absolute Gasteiger partial charge is 0.491 e. The molecule has 112 valence electrons. The number of benzene rings is 2. The standard InChI is InChI=1S/C17H21FN2O/c1-12(2)21-16-9-5-14(6-10-16)17(20-19)11-13-3-7-15(18)8-4-13/h3-10,12,17,20H,11,19H2,1-2H3. The summed E-state index contributed by atoms with van der Waals surface area (Å²) in [7, 11) is 0. The zero-order chi connectivity index (χ0) is 15.2. The van der Waals surface area contributed by atoms with Gasteiger partial charge in [0.2, 0.25) is 0 Å². The summed E-state index contributed by atoms with van der Waals surface area (Å²) in [6, 6.07) is 14.3. The van der Waals surface area contributed by atoms with Crippen molar-refractivity contribution in [2.24, 2.45) is 5.84 Å². The monoisotopic (exact) mass is 288 g/mol. The number of rotatable bonds is 6. The van der Waals surface area contributed by atoms with Gasteiger partial charge in [0.1, 0.15) is 11.6 Å². The molecule has 0 heterocycles. The molecule has 0 aliphatic heterocycles. The van der Waals surface area contributed by atoms with Crippen molar-refractivity contribution in [1.82, 2.24) is 5.43 Å². The van der Waals surface area contributed by atoms with E-state index in [-0.39, 0.29) is 18.0 Å². The van der Waals surface area contributed by atoms with Crippen molar-refractivity contribution in [2.75, 3.05) is 0 Å². The molecule has 0 aromatic heterocycles. The van der Waals surface area contributed by atoms with Crippen LogP contribution in [0.15, 0.2) is 48.5 Å². The van der Waals surface area contributed by atoms with E-state index in [9.17, 15) is 4.39 Å². The van der Waals surface area contributed by atoms with E-state index in [2.05, 4.69) is 5.43 Å². The van der Waals surface area contributed by atoms with Crippen molar-refractivity contribution < 1.29 is 9.13 Å². The van der Waals surface area contributed by atoms with Gasteiger partial charge in [-0.3, -0.25) is 11.3 Å². The fourth-order valence-corrected chi connectivity index (χ4v) is 2.18. The van der Waals surface area contributed by atoms with Crippen LogP contribution in [0, 0.1) is 5.82 Å². The van der Waals surface area contributed by atoms with E-state index >= 15 is 0 Å². The second kappa shape index (κ2) is 7.20. The molecule has 0 spiro atoms. The van der Waals surface area contributed by atoms with Crippen LogP contribution >= 0.6 is 0 Å². The van der Waals surface area contributed by atoms with E-state index in [1.165, 1.54) is 12.1 Å². The van der Waals surface area contributed by atoms with Gasteiger partial charge < -0.3 is 4.74 Å². The van der Waals surface area contributed by atoms with E-state index in [0.717, 1.165) is 16.9 Å². The predicted molar refractivity (Wildman–Crippen MR) is 82.4 cm³/mol.